The first kappa shape index (κ1) is 32.9. The molecule has 0 bridgehead atoms. The van der Waals surface area contributed by atoms with Gasteiger partial charge in [0.1, 0.15) is 5.75 Å². The molecule has 0 aromatic heterocycles. The Morgan fingerprint density at radius 3 is 1.46 bits per heavy atom. The quantitative estimate of drug-likeness (QED) is 0.115. The fraction of sp³-hybridized carbons (Fsp3) is 0.538. The van der Waals surface area contributed by atoms with Crippen LogP contribution in [0.25, 0.3) is 22.3 Å². The normalized spacial score (nSPS) is 12.0. The van der Waals surface area contributed by atoms with E-state index in [1.54, 1.807) is 0 Å². The van der Waals surface area contributed by atoms with Crippen molar-refractivity contribution in [1.29, 1.82) is 0 Å². The van der Waals surface area contributed by atoms with Gasteiger partial charge in [0.25, 0.3) is 0 Å². The van der Waals surface area contributed by atoms with E-state index in [1.165, 1.54) is 111 Å². The van der Waals surface area contributed by atoms with Crippen molar-refractivity contribution in [2.75, 3.05) is 13.2 Å². The van der Waals surface area contributed by atoms with Crippen molar-refractivity contribution in [3.8, 4) is 28.0 Å². The van der Waals surface area contributed by atoms with Crippen molar-refractivity contribution in [3.63, 3.8) is 0 Å². The van der Waals surface area contributed by atoms with E-state index in [-0.39, 0.29) is 6.10 Å². The molecule has 0 saturated heterocycles. The molecule has 0 amide bonds. The number of unbranched alkanes of at least 4 members (excludes halogenated alkanes) is 13. The Balaban J connectivity index is 1.42. The minimum Gasteiger partial charge on any atom is -0.494 e. The molecule has 41 heavy (non-hydrogen) atoms. The Morgan fingerprint density at radius 2 is 0.927 bits per heavy atom. The van der Waals surface area contributed by atoms with Gasteiger partial charge in [0.15, 0.2) is 0 Å². The summed E-state index contributed by atoms with van der Waals surface area (Å²) in [4.78, 5) is 0. The average molecular weight is 557 g/mol. The van der Waals surface area contributed by atoms with E-state index in [4.69, 9.17) is 9.47 Å². The second-order valence-corrected chi connectivity index (χ2v) is 11.6. The number of rotatable bonds is 22. The number of ether oxygens (including phenoxy) is 2. The molecular formula is C39H56O2. The fourth-order valence-corrected chi connectivity index (χ4v) is 5.49. The Bertz CT molecular complexity index is 1050. The summed E-state index contributed by atoms with van der Waals surface area (Å²) < 4.78 is 12.2. The summed E-state index contributed by atoms with van der Waals surface area (Å²) in [6, 6.07) is 26.2. The smallest absolute Gasteiger partial charge is 0.119 e. The van der Waals surface area contributed by atoms with E-state index in [2.05, 4.69) is 93.6 Å². The Morgan fingerprint density at radius 1 is 0.488 bits per heavy atom. The SMILES string of the molecule is CCCCCCCCCCCCCOC(C)c1ccc(-c2ccccc2-c2ccc(OCCCCCC)cc2)cc1. The van der Waals surface area contributed by atoms with Crippen LogP contribution >= 0.6 is 0 Å². The van der Waals surface area contributed by atoms with Gasteiger partial charge in [-0.05, 0) is 59.7 Å². The second kappa shape index (κ2) is 20.3. The lowest BCUT2D eigenvalue weighted by Gasteiger charge is -2.15. The van der Waals surface area contributed by atoms with Gasteiger partial charge < -0.3 is 9.47 Å². The molecule has 2 heteroatoms. The summed E-state index contributed by atoms with van der Waals surface area (Å²) >= 11 is 0. The molecule has 0 aliphatic heterocycles. The Kier molecular flexibility index (Phi) is 16.3. The van der Waals surface area contributed by atoms with Crippen LogP contribution in [0, 0.1) is 0 Å². The molecule has 224 valence electrons. The molecule has 2 nitrogen and oxygen atoms in total. The third kappa shape index (κ3) is 12.4. The van der Waals surface area contributed by atoms with Crippen LogP contribution in [0.4, 0.5) is 0 Å². The van der Waals surface area contributed by atoms with E-state index < -0.39 is 0 Å². The number of benzene rings is 3. The summed E-state index contributed by atoms with van der Waals surface area (Å²) in [6.45, 7) is 8.34. The van der Waals surface area contributed by atoms with Gasteiger partial charge >= 0.3 is 0 Å². The van der Waals surface area contributed by atoms with Crippen LogP contribution in [0.1, 0.15) is 129 Å². The first-order valence-corrected chi connectivity index (χ1v) is 16.8. The molecule has 3 aromatic rings. The maximum Gasteiger partial charge on any atom is 0.119 e. The molecule has 0 heterocycles. The monoisotopic (exact) mass is 556 g/mol. The van der Waals surface area contributed by atoms with E-state index in [1.807, 2.05) is 0 Å². The lowest BCUT2D eigenvalue weighted by molar-refractivity contribution is 0.0627. The molecule has 3 rings (SSSR count). The third-order valence-electron chi connectivity index (χ3n) is 8.17. The topological polar surface area (TPSA) is 18.5 Å². The molecule has 1 atom stereocenters. The summed E-state index contributed by atoms with van der Waals surface area (Å²) in [5, 5.41) is 0. The van der Waals surface area contributed by atoms with Gasteiger partial charge in [-0.2, -0.15) is 0 Å². The lowest BCUT2D eigenvalue weighted by atomic mass is 9.94. The zero-order valence-electron chi connectivity index (χ0n) is 26.3. The van der Waals surface area contributed by atoms with Crippen LogP contribution < -0.4 is 4.74 Å². The van der Waals surface area contributed by atoms with E-state index in [9.17, 15) is 0 Å². The van der Waals surface area contributed by atoms with Crippen molar-refractivity contribution < 1.29 is 9.47 Å². The van der Waals surface area contributed by atoms with Crippen LogP contribution in [0.2, 0.25) is 0 Å². The second-order valence-electron chi connectivity index (χ2n) is 11.6. The summed E-state index contributed by atoms with van der Waals surface area (Å²) in [6.07, 6.45) is 20.0. The average Bonchev–Trinajstić information content (AvgIpc) is 3.02. The van der Waals surface area contributed by atoms with Gasteiger partial charge in [-0.15, -0.1) is 0 Å². The van der Waals surface area contributed by atoms with Crippen LogP contribution in [0.5, 0.6) is 5.75 Å². The van der Waals surface area contributed by atoms with Crippen molar-refractivity contribution >= 4 is 0 Å². The molecular weight excluding hydrogens is 500 g/mol. The minimum atomic E-state index is 0.122. The van der Waals surface area contributed by atoms with Crippen molar-refractivity contribution in [2.45, 2.75) is 123 Å². The Hall–Kier alpha value is -2.58. The third-order valence-corrected chi connectivity index (χ3v) is 8.17. The highest BCUT2D eigenvalue weighted by Crippen LogP contribution is 2.33. The molecule has 0 aliphatic rings. The van der Waals surface area contributed by atoms with Gasteiger partial charge in [-0.1, -0.05) is 158 Å². The first-order valence-electron chi connectivity index (χ1n) is 16.8. The van der Waals surface area contributed by atoms with Crippen molar-refractivity contribution in [1.82, 2.24) is 0 Å². The van der Waals surface area contributed by atoms with Gasteiger partial charge in [0, 0.05) is 6.61 Å². The Labute approximate surface area is 251 Å². The molecule has 0 radical (unpaired) electrons. The summed E-state index contributed by atoms with van der Waals surface area (Å²) in [5.74, 6) is 0.953. The largest absolute Gasteiger partial charge is 0.494 e. The highest BCUT2D eigenvalue weighted by atomic mass is 16.5. The van der Waals surface area contributed by atoms with E-state index in [0.717, 1.165) is 31.8 Å². The van der Waals surface area contributed by atoms with Gasteiger partial charge in [0.2, 0.25) is 0 Å². The predicted octanol–water partition coefficient (Wildman–Crippen LogP) is 12.4. The molecule has 0 saturated carbocycles. The highest BCUT2D eigenvalue weighted by molar-refractivity contribution is 5.83. The maximum atomic E-state index is 6.20. The summed E-state index contributed by atoms with van der Waals surface area (Å²) in [5.41, 5.74) is 6.19. The molecule has 0 N–H and O–H groups in total. The van der Waals surface area contributed by atoms with Gasteiger partial charge in [-0.3, -0.25) is 0 Å². The molecule has 1 unspecified atom stereocenters. The molecule has 0 fully saturated rings. The lowest BCUT2D eigenvalue weighted by Crippen LogP contribution is -2.02. The van der Waals surface area contributed by atoms with Gasteiger partial charge in [0.05, 0.1) is 12.7 Å². The minimum absolute atomic E-state index is 0.122. The summed E-state index contributed by atoms with van der Waals surface area (Å²) in [7, 11) is 0. The van der Waals surface area contributed by atoms with Gasteiger partial charge in [-0.25, -0.2) is 0 Å². The zero-order chi connectivity index (χ0) is 29.0. The zero-order valence-corrected chi connectivity index (χ0v) is 26.3. The van der Waals surface area contributed by atoms with Crippen LogP contribution in [-0.4, -0.2) is 13.2 Å². The number of hydrogen-bond donors (Lipinski definition) is 0. The predicted molar refractivity (Wildman–Crippen MR) is 178 cm³/mol. The maximum absolute atomic E-state index is 6.20. The fourth-order valence-electron chi connectivity index (χ4n) is 5.49. The van der Waals surface area contributed by atoms with E-state index >= 15 is 0 Å². The van der Waals surface area contributed by atoms with Crippen LogP contribution in [-0.2, 0) is 4.74 Å². The van der Waals surface area contributed by atoms with Crippen LogP contribution in [0.3, 0.4) is 0 Å². The first-order chi connectivity index (χ1) is 20.2. The molecule has 0 aliphatic carbocycles. The van der Waals surface area contributed by atoms with Crippen LogP contribution in [0.15, 0.2) is 72.8 Å². The van der Waals surface area contributed by atoms with Crippen molar-refractivity contribution in [2.24, 2.45) is 0 Å². The van der Waals surface area contributed by atoms with Crippen molar-refractivity contribution in [3.05, 3.63) is 78.4 Å². The number of hydrogen-bond acceptors (Lipinski definition) is 2. The molecule has 0 spiro atoms. The van der Waals surface area contributed by atoms with E-state index in [0.29, 0.717) is 0 Å². The standard InChI is InChI=1S/C39H56O2/c1-4-6-8-10-11-12-13-14-15-16-20-31-40-33(3)34-23-25-35(26-24-34)38-21-17-18-22-39(38)36-27-29-37(30-28-36)41-32-19-9-7-5-2/h17-18,21-30,33H,4-16,19-20,31-32H2,1-3H3. The molecule has 3 aromatic carbocycles. The highest BCUT2D eigenvalue weighted by Gasteiger charge is 2.10.